The van der Waals surface area contributed by atoms with Crippen molar-refractivity contribution in [2.24, 2.45) is 17.8 Å². The monoisotopic (exact) mass is 409 g/mol. The first-order valence-corrected chi connectivity index (χ1v) is 10.6. The molecule has 1 spiro atoms. The van der Waals surface area contributed by atoms with Gasteiger partial charge in [0.05, 0.1) is 0 Å². The third-order valence-electron chi connectivity index (χ3n) is 5.67. The number of nitrogens with zero attached hydrogens (tertiary/aromatic N) is 2. The van der Waals surface area contributed by atoms with Crippen LogP contribution in [0.15, 0.2) is 0 Å². The van der Waals surface area contributed by atoms with Crippen molar-refractivity contribution in [3.05, 3.63) is 0 Å². The number of imide groups is 1. The normalized spacial score (nSPS) is 24.4. The molecule has 1 N–H and O–H groups in total. The highest BCUT2D eigenvalue weighted by Crippen LogP contribution is 2.38. The van der Waals surface area contributed by atoms with Crippen LogP contribution in [0.3, 0.4) is 0 Å². The third-order valence-corrected chi connectivity index (χ3v) is 5.67. The standard InChI is InChI=1S/C21H35N3O5/c1-14(2)10-23(11-15(3)4)17(25)13-29-18(26)12-24-19(27)21(22-20(24)28)9-7-6-8-16(21)5/h14-16H,6-13H2,1-5H3,(H,22,28). The molecule has 0 aromatic rings. The number of rotatable bonds is 8. The number of carbonyl (C=O) groups is 4. The first-order valence-electron chi connectivity index (χ1n) is 10.6. The Morgan fingerprint density at radius 1 is 1.17 bits per heavy atom. The predicted molar refractivity (Wildman–Crippen MR) is 108 cm³/mol. The van der Waals surface area contributed by atoms with Crippen LogP contribution in [0.25, 0.3) is 0 Å². The van der Waals surface area contributed by atoms with E-state index in [1.165, 1.54) is 0 Å². The summed E-state index contributed by atoms with van der Waals surface area (Å²) in [7, 11) is 0. The van der Waals surface area contributed by atoms with E-state index in [0.29, 0.717) is 31.3 Å². The molecule has 2 aliphatic rings. The van der Waals surface area contributed by atoms with Gasteiger partial charge in [0.1, 0.15) is 12.1 Å². The van der Waals surface area contributed by atoms with Crippen molar-refractivity contribution in [1.29, 1.82) is 0 Å². The zero-order valence-corrected chi connectivity index (χ0v) is 18.3. The summed E-state index contributed by atoms with van der Waals surface area (Å²) in [5.74, 6) is -0.761. The maximum Gasteiger partial charge on any atom is 0.326 e. The van der Waals surface area contributed by atoms with Crippen molar-refractivity contribution >= 4 is 23.8 Å². The molecule has 8 heteroatoms. The quantitative estimate of drug-likeness (QED) is 0.490. The fourth-order valence-electron chi connectivity index (χ4n) is 4.21. The van der Waals surface area contributed by atoms with Crippen LogP contribution in [0.1, 0.15) is 60.3 Å². The lowest BCUT2D eigenvalue weighted by molar-refractivity contribution is -0.154. The first-order chi connectivity index (χ1) is 13.6. The number of ether oxygens (including phenoxy) is 1. The molecule has 2 rings (SSSR count). The minimum atomic E-state index is -0.906. The van der Waals surface area contributed by atoms with E-state index in [2.05, 4.69) is 5.32 Å². The summed E-state index contributed by atoms with van der Waals surface area (Å²) in [4.78, 5) is 52.5. The Hall–Kier alpha value is -2.12. The lowest BCUT2D eigenvalue weighted by Crippen LogP contribution is -2.54. The molecule has 8 nitrogen and oxygen atoms in total. The number of hydrogen-bond donors (Lipinski definition) is 1. The van der Waals surface area contributed by atoms with E-state index >= 15 is 0 Å². The molecule has 0 aromatic heterocycles. The molecule has 1 saturated carbocycles. The number of amides is 4. The number of nitrogens with one attached hydrogen (secondary N) is 1. The summed E-state index contributed by atoms with van der Waals surface area (Å²) >= 11 is 0. The van der Waals surface area contributed by atoms with Gasteiger partial charge in [0.25, 0.3) is 11.8 Å². The van der Waals surface area contributed by atoms with Gasteiger partial charge in [0.2, 0.25) is 0 Å². The molecule has 29 heavy (non-hydrogen) atoms. The van der Waals surface area contributed by atoms with Gasteiger partial charge < -0.3 is 15.0 Å². The van der Waals surface area contributed by atoms with Gasteiger partial charge in [-0.3, -0.25) is 19.3 Å². The fourth-order valence-corrected chi connectivity index (χ4v) is 4.21. The van der Waals surface area contributed by atoms with Gasteiger partial charge in [-0.25, -0.2) is 4.79 Å². The van der Waals surface area contributed by atoms with Gasteiger partial charge in [-0.1, -0.05) is 47.5 Å². The van der Waals surface area contributed by atoms with Gasteiger partial charge in [0, 0.05) is 13.1 Å². The number of urea groups is 1. The van der Waals surface area contributed by atoms with Crippen LogP contribution < -0.4 is 5.32 Å². The van der Waals surface area contributed by atoms with Gasteiger partial charge in [-0.15, -0.1) is 0 Å². The lowest BCUT2D eigenvalue weighted by Gasteiger charge is -2.36. The molecule has 0 bridgehead atoms. The van der Waals surface area contributed by atoms with Crippen molar-refractivity contribution in [3.8, 4) is 0 Å². The summed E-state index contributed by atoms with van der Waals surface area (Å²) in [5.41, 5.74) is -0.906. The van der Waals surface area contributed by atoms with E-state index in [1.54, 1.807) is 4.90 Å². The second-order valence-electron chi connectivity index (χ2n) is 9.19. The largest absolute Gasteiger partial charge is 0.454 e. The van der Waals surface area contributed by atoms with E-state index in [-0.39, 0.29) is 24.3 Å². The van der Waals surface area contributed by atoms with E-state index < -0.39 is 24.1 Å². The van der Waals surface area contributed by atoms with Crippen molar-refractivity contribution < 1.29 is 23.9 Å². The summed E-state index contributed by atoms with van der Waals surface area (Å²) in [6.45, 7) is 10.3. The van der Waals surface area contributed by atoms with Crippen LogP contribution >= 0.6 is 0 Å². The second-order valence-corrected chi connectivity index (χ2v) is 9.19. The molecule has 1 heterocycles. The van der Waals surface area contributed by atoms with Gasteiger partial charge >= 0.3 is 12.0 Å². The van der Waals surface area contributed by atoms with Crippen LogP contribution in [0.5, 0.6) is 0 Å². The van der Waals surface area contributed by atoms with E-state index in [0.717, 1.165) is 24.2 Å². The van der Waals surface area contributed by atoms with E-state index in [4.69, 9.17) is 4.74 Å². The Kier molecular flexibility index (Phi) is 7.66. The minimum Gasteiger partial charge on any atom is -0.454 e. The Morgan fingerprint density at radius 2 is 1.79 bits per heavy atom. The zero-order valence-electron chi connectivity index (χ0n) is 18.3. The third kappa shape index (κ3) is 5.48. The molecule has 164 valence electrons. The molecule has 4 amide bonds. The van der Waals surface area contributed by atoms with Crippen molar-refractivity contribution in [2.75, 3.05) is 26.2 Å². The van der Waals surface area contributed by atoms with Crippen molar-refractivity contribution in [3.63, 3.8) is 0 Å². The summed E-state index contributed by atoms with van der Waals surface area (Å²) < 4.78 is 5.11. The fraction of sp³-hybridized carbons (Fsp3) is 0.810. The van der Waals surface area contributed by atoms with E-state index in [1.807, 2.05) is 34.6 Å². The Bertz CT molecular complexity index is 638. The van der Waals surface area contributed by atoms with Crippen LogP contribution in [0.2, 0.25) is 0 Å². The maximum atomic E-state index is 12.9. The zero-order chi connectivity index (χ0) is 21.8. The summed E-state index contributed by atoms with van der Waals surface area (Å²) in [6, 6.07) is -0.562. The topological polar surface area (TPSA) is 96.0 Å². The van der Waals surface area contributed by atoms with Gasteiger partial charge in [-0.05, 0) is 30.6 Å². The molecular formula is C21H35N3O5. The molecule has 1 aliphatic carbocycles. The van der Waals surface area contributed by atoms with E-state index in [9.17, 15) is 19.2 Å². The highest BCUT2D eigenvalue weighted by Gasteiger charge is 2.55. The van der Waals surface area contributed by atoms with Crippen LogP contribution in [0.4, 0.5) is 4.79 Å². The Labute approximate surface area is 173 Å². The second kappa shape index (κ2) is 9.59. The summed E-state index contributed by atoms with van der Waals surface area (Å²) in [6.07, 6.45) is 3.34. The molecular weight excluding hydrogens is 374 g/mol. The maximum absolute atomic E-state index is 12.9. The smallest absolute Gasteiger partial charge is 0.326 e. The SMILES string of the molecule is CC(C)CN(CC(C)C)C(=O)COC(=O)CN1C(=O)NC2(CCCCC2C)C1=O. The van der Waals surface area contributed by atoms with Gasteiger partial charge in [-0.2, -0.15) is 0 Å². The van der Waals surface area contributed by atoms with Crippen molar-refractivity contribution in [2.45, 2.75) is 65.8 Å². The van der Waals surface area contributed by atoms with Crippen LogP contribution in [0, 0.1) is 17.8 Å². The number of esters is 1. The Balaban J connectivity index is 1.92. The first kappa shape index (κ1) is 23.2. The van der Waals surface area contributed by atoms with Crippen LogP contribution in [-0.2, 0) is 19.1 Å². The van der Waals surface area contributed by atoms with Gasteiger partial charge in [0.15, 0.2) is 6.61 Å². The number of carbonyl (C=O) groups excluding carboxylic acids is 4. The summed E-state index contributed by atoms with van der Waals surface area (Å²) in [5, 5.41) is 2.80. The molecule has 2 fully saturated rings. The molecule has 1 saturated heterocycles. The van der Waals surface area contributed by atoms with Crippen LogP contribution in [-0.4, -0.2) is 65.4 Å². The molecule has 2 unspecified atom stereocenters. The number of hydrogen-bond acceptors (Lipinski definition) is 5. The van der Waals surface area contributed by atoms with Crippen molar-refractivity contribution in [1.82, 2.24) is 15.1 Å². The lowest BCUT2D eigenvalue weighted by atomic mass is 9.73. The highest BCUT2D eigenvalue weighted by atomic mass is 16.5. The average Bonchev–Trinajstić information content (AvgIpc) is 2.86. The molecule has 0 aromatic carbocycles. The highest BCUT2D eigenvalue weighted by molar-refractivity contribution is 6.09. The predicted octanol–water partition coefficient (Wildman–Crippen LogP) is 2.17. The minimum absolute atomic E-state index is 0.0240. The molecule has 2 atom stereocenters. The average molecular weight is 410 g/mol. The molecule has 1 aliphatic heterocycles. The Morgan fingerprint density at radius 3 is 2.34 bits per heavy atom. The molecule has 0 radical (unpaired) electrons.